The molecule has 0 spiro atoms. The fourth-order valence-corrected chi connectivity index (χ4v) is 5.60. The number of sulfonamides is 1. The Balaban J connectivity index is 1.54. The SMILES string of the molecule is Cc1c(C(=O)NCC2CCCO2)nn(-c2ccccc2)c1Oc1ccc([N+](=O)[O-])cc1S(=O)(=O)NC1CC1. The number of hydrogen-bond acceptors (Lipinski definition) is 8. The minimum absolute atomic E-state index is 0.0574. The number of non-ortho nitro benzene ring substituents is 1. The van der Waals surface area contributed by atoms with E-state index in [4.69, 9.17) is 9.47 Å². The van der Waals surface area contributed by atoms with E-state index in [1.807, 2.05) is 6.07 Å². The number of nitro groups is 1. The fourth-order valence-electron chi connectivity index (χ4n) is 4.15. The fraction of sp³-hybridized carbons (Fsp3) is 0.360. The lowest BCUT2D eigenvalue weighted by Crippen LogP contribution is -2.32. The number of amides is 1. The number of carbonyl (C=O) groups excluding carboxylic acids is 1. The predicted molar refractivity (Wildman–Crippen MR) is 136 cm³/mol. The van der Waals surface area contributed by atoms with Crippen LogP contribution in [0, 0.1) is 17.0 Å². The van der Waals surface area contributed by atoms with Gasteiger partial charge in [-0.25, -0.2) is 13.1 Å². The Morgan fingerprint density at radius 2 is 1.97 bits per heavy atom. The summed E-state index contributed by atoms with van der Waals surface area (Å²) in [5.74, 6) is -0.449. The first-order valence-electron chi connectivity index (χ1n) is 12.3. The summed E-state index contributed by atoms with van der Waals surface area (Å²) in [6.07, 6.45) is 3.12. The number of nitrogens with zero attached hydrogens (tertiary/aromatic N) is 3. The number of para-hydroxylation sites is 1. The molecule has 1 amide bonds. The lowest BCUT2D eigenvalue weighted by molar-refractivity contribution is -0.385. The molecule has 2 fully saturated rings. The molecule has 2 aromatic carbocycles. The average Bonchev–Trinajstić information content (AvgIpc) is 3.42. The highest BCUT2D eigenvalue weighted by molar-refractivity contribution is 7.89. The van der Waals surface area contributed by atoms with Crippen molar-refractivity contribution >= 4 is 21.6 Å². The zero-order chi connectivity index (χ0) is 26.9. The molecule has 1 aliphatic heterocycles. The molecule has 200 valence electrons. The Morgan fingerprint density at radius 3 is 2.63 bits per heavy atom. The van der Waals surface area contributed by atoms with Crippen LogP contribution < -0.4 is 14.8 Å². The van der Waals surface area contributed by atoms with Gasteiger partial charge in [-0.1, -0.05) is 18.2 Å². The van der Waals surface area contributed by atoms with Crippen LogP contribution in [-0.4, -0.2) is 54.3 Å². The Bertz CT molecular complexity index is 1460. The minimum Gasteiger partial charge on any atom is -0.437 e. The molecule has 0 bridgehead atoms. The molecule has 1 atom stereocenters. The van der Waals surface area contributed by atoms with Crippen molar-refractivity contribution in [3.8, 4) is 17.3 Å². The quantitative estimate of drug-likeness (QED) is 0.293. The summed E-state index contributed by atoms with van der Waals surface area (Å²) in [6.45, 7) is 2.64. The van der Waals surface area contributed by atoms with E-state index in [0.717, 1.165) is 18.9 Å². The zero-order valence-electron chi connectivity index (χ0n) is 20.6. The molecule has 2 N–H and O–H groups in total. The minimum atomic E-state index is -4.12. The number of carbonyl (C=O) groups is 1. The van der Waals surface area contributed by atoms with Crippen LogP contribution in [0.1, 0.15) is 41.7 Å². The largest absolute Gasteiger partial charge is 0.437 e. The lowest BCUT2D eigenvalue weighted by Gasteiger charge is -2.14. The van der Waals surface area contributed by atoms with Crippen LogP contribution in [0.25, 0.3) is 5.69 Å². The summed E-state index contributed by atoms with van der Waals surface area (Å²) in [5.41, 5.74) is 0.655. The van der Waals surface area contributed by atoms with Gasteiger partial charge in [0, 0.05) is 36.9 Å². The van der Waals surface area contributed by atoms with Crippen molar-refractivity contribution in [2.45, 2.75) is 49.6 Å². The third-order valence-corrected chi connectivity index (χ3v) is 7.87. The van der Waals surface area contributed by atoms with Gasteiger partial charge in [0.2, 0.25) is 15.9 Å². The Kier molecular flexibility index (Phi) is 7.15. The van der Waals surface area contributed by atoms with Gasteiger partial charge in [0.15, 0.2) is 5.69 Å². The van der Waals surface area contributed by atoms with Crippen LogP contribution in [-0.2, 0) is 14.8 Å². The molecule has 1 aliphatic carbocycles. The summed E-state index contributed by atoms with van der Waals surface area (Å²) in [6, 6.07) is 12.1. The van der Waals surface area contributed by atoms with Gasteiger partial charge in [0.05, 0.1) is 16.7 Å². The van der Waals surface area contributed by atoms with E-state index in [1.54, 1.807) is 31.2 Å². The van der Waals surface area contributed by atoms with Crippen molar-refractivity contribution in [1.82, 2.24) is 19.8 Å². The van der Waals surface area contributed by atoms with Crippen molar-refractivity contribution < 1.29 is 27.6 Å². The van der Waals surface area contributed by atoms with E-state index >= 15 is 0 Å². The standard InChI is InChI=1S/C25H27N5O7S/c1-16-23(24(31)26-15-20-8-5-13-36-20)27-29(18-6-3-2-4-7-18)25(16)37-21-12-11-19(30(32)33)14-22(21)38(34,35)28-17-9-10-17/h2-4,6-7,11-12,14,17,20,28H,5,8-10,13,15H2,1H3,(H,26,31). The second-order valence-electron chi connectivity index (χ2n) is 9.26. The second kappa shape index (κ2) is 10.5. The number of hydrogen-bond donors (Lipinski definition) is 2. The molecule has 13 heteroatoms. The smallest absolute Gasteiger partial charge is 0.272 e. The van der Waals surface area contributed by atoms with E-state index in [9.17, 15) is 23.3 Å². The molecular formula is C25H27N5O7S. The van der Waals surface area contributed by atoms with Crippen LogP contribution in [0.15, 0.2) is 53.4 Å². The van der Waals surface area contributed by atoms with Gasteiger partial charge in [0.1, 0.15) is 10.6 Å². The van der Waals surface area contributed by atoms with Crippen molar-refractivity contribution in [2.75, 3.05) is 13.2 Å². The third kappa shape index (κ3) is 5.54. The maximum Gasteiger partial charge on any atom is 0.272 e. The summed E-state index contributed by atoms with van der Waals surface area (Å²) in [7, 11) is -4.12. The molecule has 1 saturated heterocycles. The van der Waals surface area contributed by atoms with Crippen LogP contribution >= 0.6 is 0 Å². The molecule has 3 aromatic rings. The van der Waals surface area contributed by atoms with Gasteiger partial charge in [0.25, 0.3) is 11.6 Å². The van der Waals surface area contributed by atoms with Gasteiger partial charge < -0.3 is 14.8 Å². The highest BCUT2D eigenvalue weighted by Gasteiger charge is 2.32. The van der Waals surface area contributed by atoms with Crippen molar-refractivity contribution in [2.24, 2.45) is 0 Å². The van der Waals surface area contributed by atoms with Crippen LogP contribution in [0.4, 0.5) is 5.69 Å². The Morgan fingerprint density at radius 1 is 1.21 bits per heavy atom. The molecule has 1 saturated carbocycles. The van der Waals surface area contributed by atoms with Crippen LogP contribution in [0.2, 0.25) is 0 Å². The van der Waals surface area contributed by atoms with Gasteiger partial charge >= 0.3 is 0 Å². The first-order chi connectivity index (χ1) is 18.2. The molecule has 5 rings (SSSR count). The first-order valence-corrected chi connectivity index (χ1v) is 13.7. The maximum absolute atomic E-state index is 13.1. The van der Waals surface area contributed by atoms with Crippen molar-refractivity contribution in [1.29, 1.82) is 0 Å². The Labute approximate surface area is 219 Å². The number of benzene rings is 2. The van der Waals surface area contributed by atoms with E-state index in [2.05, 4.69) is 15.1 Å². The normalized spacial score (nSPS) is 17.3. The van der Waals surface area contributed by atoms with E-state index < -0.39 is 26.5 Å². The topological polar surface area (TPSA) is 155 Å². The highest BCUT2D eigenvalue weighted by atomic mass is 32.2. The molecule has 38 heavy (non-hydrogen) atoms. The summed E-state index contributed by atoms with van der Waals surface area (Å²) < 4.78 is 41.9. The van der Waals surface area contributed by atoms with Crippen molar-refractivity contribution in [3.05, 3.63) is 69.9 Å². The number of ether oxygens (including phenoxy) is 2. The summed E-state index contributed by atoms with van der Waals surface area (Å²) >= 11 is 0. The maximum atomic E-state index is 13.1. The summed E-state index contributed by atoms with van der Waals surface area (Å²) in [4.78, 5) is 23.4. The first kappa shape index (κ1) is 25.8. The van der Waals surface area contributed by atoms with Gasteiger partial charge in [-0.2, -0.15) is 9.78 Å². The second-order valence-corrected chi connectivity index (χ2v) is 10.9. The molecule has 2 aliphatic rings. The average molecular weight is 542 g/mol. The van der Waals surface area contributed by atoms with Crippen LogP contribution in [0.3, 0.4) is 0 Å². The Hall–Kier alpha value is -3.81. The zero-order valence-corrected chi connectivity index (χ0v) is 21.4. The lowest BCUT2D eigenvalue weighted by atomic mass is 10.2. The van der Waals surface area contributed by atoms with Crippen molar-refractivity contribution in [3.63, 3.8) is 0 Å². The molecular weight excluding hydrogens is 514 g/mol. The van der Waals surface area contributed by atoms with Crippen LogP contribution in [0.5, 0.6) is 11.6 Å². The molecule has 1 unspecified atom stereocenters. The van der Waals surface area contributed by atoms with E-state index in [-0.39, 0.29) is 34.4 Å². The van der Waals surface area contributed by atoms with Gasteiger partial charge in [-0.15, -0.1) is 0 Å². The monoisotopic (exact) mass is 541 g/mol. The number of rotatable bonds is 10. The van der Waals surface area contributed by atoms with E-state index in [0.29, 0.717) is 37.2 Å². The van der Waals surface area contributed by atoms with Gasteiger partial charge in [-0.05, 0) is 50.8 Å². The number of nitro benzene ring substituents is 1. The number of nitrogens with one attached hydrogen (secondary N) is 2. The summed E-state index contributed by atoms with van der Waals surface area (Å²) in [5, 5.41) is 18.7. The third-order valence-electron chi connectivity index (χ3n) is 6.33. The van der Waals surface area contributed by atoms with E-state index in [1.165, 1.54) is 16.8 Å². The highest BCUT2D eigenvalue weighted by Crippen LogP contribution is 2.36. The molecule has 2 heterocycles. The van der Waals surface area contributed by atoms with Gasteiger partial charge in [-0.3, -0.25) is 14.9 Å². The molecule has 12 nitrogen and oxygen atoms in total. The number of aromatic nitrogens is 2. The predicted octanol–water partition coefficient (Wildman–Crippen LogP) is 3.23. The molecule has 0 radical (unpaired) electrons. The molecule has 1 aromatic heterocycles.